The molecule has 0 spiro atoms. The highest BCUT2D eigenvalue weighted by atomic mass is 19.1. The lowest BCUT2D eigenvalue weighted by Crippen LogP contribution is -2.29. The van der Waals surface area contributed by atoms with Gasteiger partial charge in [-0.05, 0) is 17.2 Å². The molecule has 1 unspecified atom stereocenters. The molecule has 0 saturated carbocycles. The third kappa shape index (κ3) is 3.05. The summed E-state index contributed by atoms with van der Waals surface area (Å²) in [5.74, 6) is -0.270. The second-order valence-electron chi connectivity index (χ2n) is 6.31. The summed E-state index contributed by atoms with van der Waals surface area (Å²) >= 11 is 0. The van der Waals surface area contributed by atoms with Crippen molar-refractivity contribution in [2.24, 2.45) is 5.16 Å². The minimum absolute atomic E-state index is 0.270. The van der Waals surface area contributed by atoms with Crippen LogP contribution in [0.5, 0.6) is 0 Å². The fourth-order valence-corrected chi connectivity index (χ4v) is 3.34. The highest BCUT2D eigenvalue weighted by Crippen LogP contribution is 2.39. The molecule has 1 heterocycles. The van der Waals surface area contributed by atoms with Crippen molar-refractivity contribution in [3.05, 3.63) is 107 Å². The number of hydrogen-bond acceptors (Lipinski definition) is 2. The minimum Gasteiger partial charge on any atom is -0.383 e. The van der Waals surface area contributed by atoms with E-state index in [1.807, 2.05) is 54.6 Å². The van der Waals surface area contributed by atoms with Gasteiger partial charge in [-0.25, -0.2) is 4.39 Å². The molecule has 3 aromatic rings. The van der Waals surface area contributed by atoms with Crippen LogP contribution in [0, 0.1) is 5.82 Å². The van der Waals surface area contributed by atoms with Crippen LogP contribution in [0.25, 0.3) is 0 Å². The smallest absolute Gasteiger partial charge is 0.172 e. The van der Waals surface area contributed by atoms with Gasteiger partial charge in [0.15, 0.2) is 5.60 Å². The summed E-state index contributed by atoms with van der Waals surface area (Å²) in [5, 5.41) is 4.27. The van der Waals surface area contributed by atoms with Crippen LogP contribution in [0.15, 0.2) is 90.1 Å². The Bertz CT molecular complexity index is 892. The first kappa shape index (κ1) is 15.6. The van der Waals surface area contributed by atoms with Crippen molar-refractivity contribution in [1.82, 2.24) is 0 Å². The molecule has 0 amide bonds. The Morgan fingerprint density at radius 3 is 2.20 bits per heavy atom. The standard InChI is InChI=1S/C22H18FNO/c23-20-14-8-7-13-19(20)21-16-22(25-24-21,18-11-5-2-6-12-18)15-17-9-3-1-4-10-17/h1-14H,15-16H2. The Morgan fingerprint density at radius 1 is 0.840 bits per heavy atom. The van der Waals surface area contributed by atoms with E-state index in [0.717, 1.165) is 11.1 Å². The summed E-state index contributed by atoms with van der Waals surface area (Å²) in [6.45, 7) is 0. The molecule has 25 heavy (non-hydrogen) atoms. The average Bonchev–Trinajstić information content (AvgIpc) is 3.09. The minimum atomic E-state index is -0.611. The molecule has 0 radical (unpaired) electrons. The van der Waals surface area contributed by atoms with Crippen molar-refractivity contribution >= 4 is 5.71 Å². The fraction of sp³-hybridized carbons (Fsp3) is 0.136. The molecular weight excluding hydrogens is 313 g/mol. The molecule has 0 aliphatic carbocycles. The maximum atomic E-state index is 14.2. The van der Waals surface area contributed by atoms with E-state index in [9.17, 15) is 4.39 Å². The first-order valence-corrected chi connectivity index (χ1v) is 8.36. The highest BCUT2D eigenvalue weighted by molar-refractivity contribution is 6.02. The van der Waals surface area contributed by atoms with Gasteiger partial charge in [0.2, 0.25) is 0 Å². The summed E-state index contributed by atoms with van der Waals surface area (Å²) in [6, 6.07) is 26.9. The predicted octanol–water partition coefficient (Wildman–Crippen LogP) is 5.09. The molecule has 4 rings (SSSR count). The van der Waals surface area contributed by atoms with Gasteiger partial charge in [0.1, 0.15) is 5.82 Å². The molecule has 3 aromatic carbocycles. The molecule has 0 aromatic heterocycles. The number of halogens is 1. The van der Waals surface area contributed by atoms with Crippen LogP contribution in [0.1, 0.15) is 23.1 Å². The van der Waals surface area contributed by atoms with Crippen LogP contribution in [-0.4, -0.2) is 5.71 Å². The number of hydrogen-bond donors (Lipinski definition) is 0. The lowest BCUT2D eigenvalue weighted by molar-refractivity contribution is -0.0230. The zero-order valence-corrected chi connectivity index (χ0v) is 13.7. The van der Waals surface area contributed by atoms with Crippen molar-refractivity contribution in [3.63, 3.8) is 0 Å². The molecule has 0 N–H and O–H groups in total. The van der Waals surface area contributed by atoms with Gasteiger partial charge < -0.3 is 4.84 Å². The van der Waals surface area contributed by atoms with Crippen LogP contribution in [0.2, 0.25) is 0 Å². The van der Waals surface area contributed by atoms with Crippen molar-refractivity contribution in [2.45, 2.75) is 18.4 Å². The summed E-state index contributed by atoms with van der Waals surface area (Å²) in [4.78, 5) is 5.97. The van der Waals surface area contributed by atoms with E-state index >= 15 is 0 Å². The van der Waals surface area contributed by atoms with Crippen molar-refractivity contribution in [1.29, 1.82) is 0 Å². The molecule has 0 saturated heterocycles. The van der Waals surface area contributed by atoms with Crippen molar-refractivity contribution in [3.8, 4) is 0 Å². The van der Waals surface area contributed by atoms with Crippen LogP contribution in [0.3, 0.4) is 0 Å². The topological polar surface area (TPSA) is 21.6 Å². The lowest BCUT2D eigenvalue weighted by Gasteiger charge is -2.27. The zero-order chi connectivity index (χ0) is 17.1. The molecule has 3 heteroatoms. The molecule has 1 aliphatic rings. The molecule has 1 atom stereocenters. The van der Waals surface area contributed by atoms with E-state index in [-0.39, 0.29) is 5.82 Å². The average molecular weight is 331 g/mol. The van der Waals surface area contributed by atoms with Gasteiger partial charge in [-0.15, -0.1) is 0 Å². The van der Waals surface area contributed by atoms with E-state index in [1.54, 1.807) is 12.1 Å². The molecule has 0 fully saturated rings. The largest absolute Gasteiger partial charge is 0.383 e. The maximum absolute atomic E-state index is 14.2. The Morgan fingerprint density at radius 2 is 1.48 bits per heavy atom. The van der Waals surface area contributed by atoms with E-state index in [2.05, 4.69) is 17.3 Å². The summed E-state index contributed by atoms with van der Waals surface area (Å²) in [6.07, 6.45) is 1.21. The SMILES string of the molecule is Fc1ccccc1C1=NOC(Cc2ccccc2)(c2ccccc2)C1. The van der Waals surface area contributed by atoms with E-state index in [4.69, 9.17) is 4.84 Å². The Balaban J connectivity index is 1.71. The van der Waals surface area contributed by atoms with Crippen LogP contribution < -0.4 is 0 Å². The Kier molecular flexibility index (Phi) is 4.06. The van der Waals surface area contributed by atoms with Gasteiger partial charge >= 0.3 is 0 Å². The van der Waals surface area contributed by atoms with Crippen LogP contribution in [-0.2, 0) is 16.9 Å². The van der Waals surface area contributed by atoms with Crippen molar-refractivity contribution < 1.29 is 9.23 Å². The van der Waals surface area contributed by atoms with E-state index in [0.29, 0.717) is 24.1 Å². The third-order valence-corrected chi connectivity index (χ3v) is 4.60. The van der Waals surface area contributed by atoms with Crippen LogP contribution in [0.4, 0.5) is 4.39 Å². The lowest BCUT2D eigenvalue weighted by atomic mass is 9.82. The Hall–Kier alpha value is -2.94. The van der Waals surface area contributed by atoms with Crippen molar-refractivity contribution in [2.75, 3.05) is 0 Å². The monoisotopic (exact) mass is 331 g/mol. The number of rotatable bonds is 4. The summed E-state index contributed by atoms with van der Waals surface area (Å²) in [5.41, 5.74) is 2.76. The summed E-state index contributed by atoms with van der Waals surface area (Å²) in [7, 11) is 0. The van der Waals surface area contributed by atoms with E-state index in [1.165, 1.54) is 6.07 Å². The number of benzene rings is 3. The molecular formula is C22H18FNO. The van der Waals surface area contributed by atoms with Gasteiger partial charge in [0.25, 0.3) is 0 Å². The van der Waals surface area contributed by atoms with Gasteiger partial charge in [0.05, 0.1) is 5.71 Å². The Labute approximate surface area is 146 Å². The molecule has 0 bridgehead atoms. The van der Waals surface area contributed by atoms with Gasteiger partial charge in [-0.2, -0.15) is 0 Å². The number of nitrogens with zero attached hydrogens (tertiary/aromatic N) is 1. The normalized spacial score (nSPS) is 19.3. The van der Waals surface area contributed by atoms with E-state index < -0.39 is 5.60 Å². The second-order valence-corrected chi connectivity index (χ2v) is 6.31. The highest BCUT2D eigenvalue weighted by Gasteiger charge is 2.41. The first-order valence-electron chi connectivity index (χ1n) is 8.36. The van der Waals surface area contributed by atoms with Gasteiger partial charge in [-0.1, -0.05) is 84.0 Å². The fourth-order valence-electron chi connectivity index (χ4n) is 3.34. The van der Waals surface area contributed by atoms with Gasteiger partial charge in [-0.3, -0.25) is 0 Å². The predicted molar refractivity (Wildman–Crippen MR) is 96.9 cm³/mol. The zero-order valence-electron chi connectivity index (χ0n) is 13.7. The summed E-state index contributed by atoms with van der Waals surface area (Å²) < 4.78 is 14.2. The third-order valence-electron chi connectivity index (χ3n) is 4.60. The van der Waals surface area contributed by atoms with Gasteiger partial charge in [0, 0.05) is 18.4 Å². The van der Waals surface area contributed by atoms with Crippen LogP contribution >= 0.6 is 0 Å². The molecule has 124 valence electrons. The number of oxime groups is 1. The first-order chi connectivity index (χ1) is 12.3. The molecule has 1 aliphatic heterocycles. The molecule has 2 nitrogen and oxygen atoms in total. The maximum Gasteiger partial charge on any atom is 0.172 e. The second kappa shape index (κ2) is 6.52. The quantitative estimate of drug-likeness (QED) is 0.652.